The lowest BCUT2D eigenvalue weighted by Crippen LogP contribution is -2.19. The molecule has 6 nitrogen and oxygen atoms in total. The van der Waals surface area contributed by atoms with E-state index in [1.807, 2.05) is 49.5 Å². The van der Waals surface area contributed by atoms with Crippen molar-refractivity contribution in [1.29, 1.82) is 0 Å². The van der Waals surface area contributed by atoms with Gasteiger partial charge in [-0.25, -0.2) is 0 Å². The first-order valence-corrected chi connectivity index (χ1v) is 11.6. The van der Waals surface area contributed by atoms with Gasteiger partial charge in [0.1, 0.15) is 0 Å². The minimum Gasteiger partial charge on any atom is -0.466 e. The molecular formula is C26H32ClN3O3. The highest BCUT2D eigenvalue weighted by Crippen LogP contribution is 2.30. The summed E-state index contributed by atoms with van der Waals surface area (Å²) in [5, 5.41) is 9.58. The average Bonchev–Trinajstić information content (AvgIpc) is 3.32. The van der Waals surface area contributed by atoms with Crippen LogP contribution in [0.3, 0.4) is 0 Å². The van der Waals surface area contributed by atoms with Gasteiger partial charge in [0.15, 0.2) is 0 Å². The van der Waals surface area contributed by atoms with Gasteiger partial charge in [-0.05, 0) is 85.9 Å². The molecule has 176 valence electrons. The van der Waals surface area contributed by atoms with E-state index in [1.54, 1.807) is 0 Å². The van der Waals surface area contributed by atoms with Gasteiger partial charge in [0.2, 0.25) is 0 Å². The Kier molecular flexibility index (Phi) is 8.89. The van der Waals surface area contributed by atoms with E-state index in [1.165, 1.54) is 24.0 Å². The second kappa shape index (κ2) is 11.8. The summed E-state index contributed by atoms with van der Waals surface area (Å²) in [7, 11) is 0. The number of aryl methyl sites for hydroxylation is 1. The van der Waals surface area contributed by atoms with E-state index in [2.05, 4.69) is 21.5 Å². The van der Waals surface area contributed by atoms with Crippen LogP contribution in [0.25, 0.3) is 0 Å². The number of ether oxygens (including phenoxy) is 1. The molecule has 2 aromatic rings. The van der Waals surface area contributed by atoms with Crippen LogP contribution in [-0.2, 0) is 22.4 Å². The summed E-state index contributed by atoms with van der Waals surface area (Å²) in [6.45, 7) is 4.28. The zero-order valence-corrected chi connectivity index (χ0v) is 19.9. The quantitative estimate of drug-likeness (QED) is 0.465. The molecule has 0 saturated carbocycles. The van der Waals surface area contributed by atoms with Crippen molar-refractivity contribution in [2.75, 3.05) is 25.0 Å². The summed E-state index contributed by atoms with van der Waals surface area (Å²) in [5.41, 5.74) is 4.88. The van der Waals surface area contributed by atoms with Crippen molar-refractivity contribution < 1.29 is 14.3 Å². The van der Waals surface area contributed by atoms with E-state index in [4.69, 9.17) is 4.74 Å². The van der Waals surface area contributed by atoms with Crippen molar-refractivity contribution in [1.82, 2.24) is 5.01 Å². The molecule has 2 aliphatic rings. The van der Waals surface area contributed by atoms with Crippen LogP contribution in [0.1, 0.15) is 59.7 Å². The number of nitrogens with zero attached hydrogens (tertiary/aromatic N) is 2. The third-order valence-corrected chi connectivity index (χ3v) is 6.18. The first kappa shape index (κ1) is 24.8. The number of rotatable bonds is 7. The Labute approximate surface area is 201 Å². The fourth-order valence-corrected chi connectivity index (χ4v) is 4.43. The predicted molar refractivity (Wildman–Crippen MR) is 133 cm³/mol. The van der Waals surface area contributed by atoms with Crippen LogP contribution in [0.4, 0.5) is 5.69 Å². The molecule has 33 heavy (non-hydrogen) atoms. The number of esters is 1. The molecule has 2 aromatic carbocycles. The van der Waals surface area contributed by atoms with Crippen molar-refractivity contribution in [3.05, 3.63) is 64.7 Å². The van der Waals surface area contributed by atoms with E-state index in [0.29, 0.717) is 24.5 Å². The first-order valence-electron chi connectivity index (χ1n) is 11.6. The molecule has 1 aliphatic heterocycles. The Balaban J connectivity index is 0.00000306. The van der Waals surface area contributed by atoms with Gasteiger partial charge < -0.3 is 10.1 Å². The Morgan fingerprint density at radius 2 is 1.88 bits per heavy atom. The average molecular weight is 470 g/mol. The van der Waals surface area contributed by atoms with Gasteiger partial charge in [-0.3, -0.25) is 14.6 Å². The van der Waals surface area contributed by atoms with E-state index in [-0.39, 0.29) is 24.3 Å². The van der Waals surface area contributed by atoms with Gasteiger partial charge in [0, 0.05) is 30.8 Å². The maximum absolute atomic E-state index is 12.7. The zero-order chi connectivity index (χ0) is 22.3. The third-order valence-electron chi connectivity index (χ3n) is 6.18. The smallest absolute Gasteiger partial charge is 0.306 e. The highest BCUT2D eigenvalue weighted by molar-refractivity contribution is 6.04. The summed E-state index contributed by atoms with van der Waals surface area (Å²) < 4.78 is 5.10. The number of nitrogens with one attached hydrogen (secondary N) is 1. The highest BCUT2D eigenvalue weighted by Gasteiger charge is 2.22. The minimum absolute atomic E-state index is 0. The molecule has 4 rings (SSSR count). The van der Waals surface area contributed by atoms with Crippen molar-refractivity contribution in [2.24, 2.45) is 11.0 Å². The number of hydrazone groups is 1. The number of carbonyl (C=O) groups is 2. The summed E-state index contributed by atoms with van der Waals surface area (Å²) in [5.74, 6) is 0.0356. The Hall–Kier alpha value is -2.86. The molecule has 1 amide bonds. The van der Waals surface area contributed by atoms with Gasteiger partial charge in [-0.15, -0.1) is 12.4 Å². The lowest BCUT2D eigenvalue weighted by molar-refractivity contribution is -0.144. The topological polar surface area (TPSA) is 71.0 Å². The fourth-order valence-electron chi connectivity index (χ4n) is 4.43. The Morgan fingerprint density at radius 1 is 1.12 bits per heavy atom. The molecule has 1 heterocycles. The van der Waals surface area contributed by atoms with E-state index < -0.39 is 0 Å². The molecule has 0 bridgehead atoms. The summed E-state index contributed by atoms with van der Waals surface area (Å²) in [4.78, 5) is 24.6. The van der Waals surface area contributed by atoms with Crippen LogP contribution in [0, 0.1) is 5.92 Å². The van der Waals surface area contributed by atoms with Crippen LogP contribution in [0.2, 0.25) is 0 Å². The molecule has 1 N–H and O–H groups in total. The zero-order valence-electron chi connectivity index (χ0n) is 19.1. The molecule has 1 atom stereocenters. The Morgan fingerprint density at radius 3 is 2.61 bits per heavy atom. The lowest BCUT2D eigenvalue weighted by atomic mass is 9.82. The normalized spacial score (nSPS) is 17.4. The number of amides is 1. The number of fused-ring (bicyclic) bond motifs is 1. The number of halogens is 1. The monoisotopic (exact) mass is 469 g/mol. The van der Waals surface area contributed by atoms with Crippen LogP contribution in [-0.4, -0.2) is 42.8 Å². The maximum atomic E-state index is 12.7. The number of anilines is 1. The number of benzene rings is 2. The molecule has 7 heteroatoms. The summed E-state index contributed by atoms with van der Waals surface area (Å²) in [6, 6.07) is 13.6. The van der Waals surface area contributed by atoms with Crippen molar-refractivity contribution in [3.8, 4) is 0 Å². The van der Waals surface area contributed by atoms with Gasteiger partial charge in [-0.2, -0.15) is 5.10 Å². The van der Waals surface area contributed by atoms with Crippen molar-refractivity contribution >= 4 is 36.2 Å². The molecule has 1 fully saturated rings. The number of hydrogen-bond acceptors (Lipinski definition) is 5. The molecule has 1 unspecified atom stereocenters. The van der Waals surface area contributed by atoms with Gasteiger partial charge >= 0.3 is 5.97 Å². The van der Waals surface area contributed by atoms with Gasteiger partial charge in [-0.1, -0.05) is 18.2 Å². The molecule has 1 saturated heterocycles. The van der Waals surface area contributed by atoms with Crippen LogP contribution >= 0.6 is 12.4 Å². The van der Waals surface area contributed by atoms with Crippen LogP contribution in [0.15, 0.2) is 47.6 Å². The predicted octanol–water partition coefficient (Wildman–Crippen LogP) is 4.85. The molecule has 0 spiro atoms. The molecular weight excluding hydrogens is 438 g/mol. The molecule has 1 aliphatic carbocycles. The maximum Gasteiger partial charge on any atom is 0.306 e. The second-order valence-electron chi connectivity index (χ2n) is 8.58. The highest BCUT2D eigenvalue weighted by atomic mass is 35.5. The first-order chi connectivity index (χ1) is 15.6. The molecule has 0 aromatic heterocycles. The summed E-state index contributed by atoms with van der Waals surface area (Å²) in [6.07, 6.45) is 7.48. The summed E-state index contributed by atoms with van der Waals surface area (Å²) >= 11 is 0. The van der Waals surface area contributed by atoms with E-state index in [0.717, 1.165) is 43.6 Å². The SMILES string of the molecule is CCOC(=O)CC1CCc2ccc(NC(=O)c3ccc(/C=N/N4CCCC4)cc3)cc2C1.Cl. The van der Waals surface area contributed by atoms with Gasteiger partial charge in [0.25, 0.3) is 5.91 Å². The van der Waals surface area contributed by atoms with E-state index >= 15 is 0 Å². The van der Waals surface area contributed by atoms with Crippen LogP contribution in [0.5, 0.6) is 0 Å². The Bertz CT molecular complexity index is 985. The number of hydrogen-bond donors (Lipinski definition) is 1. The lowest BCUT2D eigenvalue weighted by Gasteiger charge is -2.24. The van der Waals surface area contributed by atoms with Crippen molar-refractivity contribution in [2.45, 2.75) is 45.4 Å². The van der Waals surface area contributed by atoms with Crippen LogP contribution < -0.4 is 5.32 Å². The largest absolute Gasteiger partial charge is 0.466 e. The standard InChI is InChI=1S/C26H31N3O3.ClH/c1-2-32-25(30)16-20-7-8-21-11-12-24(17-23(21)15-20)28-26(31)22-9-5-19(6-10-22)18-27-29-13-3-4-14-29;/h5-6,9-12,17-18,20H,2-4,7-8,13-16H2,1H3,(H,28,31);1H/b27-18+;. The third kappa shape index (κ3) is 6.81. The van der Waals surface area contributed by atoms with Crippen molar-refractivity contribution in [3.63, 3.8) is 0 Å². The number of carbonyl (C=O) groups excluding carboxylic acids is 2. The van der Waals surface area contributed by atoms with E-state index in [9.17, 15) is 9.59 Å². The minimum atomic E-state index is -0.133. The van der Waals surface area contributed by atoms with Gasteiger partial charge in [0.05, 0.1) is 12.8 Å². The second-order valence-corrected chi connectivity index (χ2v) is 8.58. The fraction of sp³-hybridized carbons (Fsp3) is 0.423. The molecule has 0 radical (unpaired) electrons.